The standard InChI is InChI=1S/C15H15BrClN.ClH/c16-14-3-1-2-13(10-14)11-18-9-8-12-4-6-15(17)7-5-12;/h1-7,10,18H,8-9,11H2;1H. The summed E-state index contributed by atoms with van der Waals surface area (Å²) in [4.78, 5) is 0. The van der Waals surface area contributed by atoms with E-state index >= 15 is 0 Å². The highest BCUT2D eigenvalue weighted by Gasteiger charge is 1.95. The summed E-state index contributed by atoms with van der Waals surface area (Å²) >= 11 is 9.32. The summed E-state index contributed by atoms with van der Waals surface area (Å²) in [6.45, 7) is 1.86. The van der Waals surface area contributed by atoms with E-state index in [4.69, 9.17) is 11.6 Å². The Morgan fingerprint density at radius 1 is 1.00 bits per heavy atom. The first-order chi connectivity index (χ1) is 8.74. The second-order valence-corrected chi connectivity index (χ2v) is 5.54. The minimum absolute atomic E-state index is 0. The molecule has 0 heterocycles. The van der Waals surface area contributed by atoms with Crippen LogP contribution in [0.3, 0.4) is 0 Å². The van der Waals surface area contributed by atoms with Crippen molar-refractivity contribution in [3.63, 3.8) is 0 Å². The zero-order valence-electron chi connectivity index (χ0n) is 10.4. The summed E-state index contributed by atoms with van der Waals surface area (Å²) in [6.07, 6.45) is 1.02. The van der Waals surface area contributed by atoms with E-state index in [1.807, 2.05) is 18.2 Å². The lowest BCUT2D eigenvalue weighted by Gasteiger charge is -2.05. The summed E-state index contributed by atoms with van der Waals surface area (Å²) in [5.74, 6) is 0. The Kier molecular flexibility index (Phi) is 7.47. The molecule has 0 aliphatic rings. The summed E-state index contributed by atoms with van der Waals surface area (Å²) in [7, 11) is 0. The van der Waals surface area contributed by atoms with Crippen LogP contribution in [0.1, 0.15) is 11.1 Å². The second-order valence-electron chi connectivity index (χ2n) is 4.18. The molecule has 0 aromatic heterocycles. The second kappa shape index (κ2) is 8.60. The molecular weight excluding hydrogens is 345 g/mol. The number of hydrogen-bond acceptors (Lipinski definition) is 1. The number of nitrogens with one attached hydrogen (secondary N) is 1. The summed E-state index contributed by atoms with van der Waals surface area (Å²) in [5, 5.41) is 4.23. The fraction of sp³-hybridized carbons (Fsp3) is 0.200. The van der Waals surface area contributed by atoms with Crippen LogP contribution in [-0.4, -0.2) is 6.54 Å². The average molecular weight is 361 g/mol. The highest BCUT2D eigenvalue weighted by molar-refractivity contribution is 9.10. The molecular formula is C15H16BrCl2N. The predicted octanol–water partition coefficient (Wildman–Crippen LogP) is 4.86. The van der Waals surface area contributed by atoms with Crippen molar-refractivity contribution in [3.8, 4) is 0 Å². The molecule has 0 atom stereocenters. The van der Waals surface area contributed by atoms with Gasteiger partial charge in [0.05, 0.1) is 0 Å². The molecule has 0 amide bonds. The van der Waals surface area contributed by atoms with Gasteiger partial charge in [0, 0.05) is 16.0 Å². The molecule has 2 aromatic carbocycles. The van der Waals surface area contributed by atoms with Crippen LogP contribution in [0.25, 0.3) is 0 Å². The first kappa shape index (κ1) is 16.5. The van der Waals surface area contributed by atoms with Crippen LogP contribution in [0.4, 0.5) is 0 Å². The van der Waals surface area contributed by atoms with Gasteiger partial charge in [-0.25, -0.2) is 0 Å². The molecule has 0 saturated heterocycles. The highest BCUT2D eigenvalue weighted by Crippen LogP contribution is 2.12. The van der Waals surface area contributed by atoms with Gasteiger partial charge < -0.3 is 5.32 Å². The van der Waals surface area contributed by atoms with Gasteiger partial charge in [-0.2, -0.15) is 0 Å². The fourth-order valence-corrected chi connectivity index (χ4v) is 2.34. The topological polar surface area (TPSA) is 12.0 Å². The SMILES string of the molecule is Cl.Clc1ccc(CCNCc2cccc(Br)c2)cc1. The third-order valence-electron chi connectivity index (χ3n) is 2.72. The van der Waals surface area contributed by atoms with Gasteiger partial charge in [0.15, 0.2) is 0 Å². The van der Waals surface area contributed by atoms with E-state index in [9.17, 15) is 0 Å². The molecule has 4 heteroatoms. The van der Waals surface area contributed by atoms with E-state index < -0.39 is 0 Å². The smallest absolute Gasteiger partial charge is 0.0406 e. The number of benzene rings is 2. The quantitative estimate of drug-likeness (QED) is 0.751. The van der Waals surface area contributed by atoms with Crippen LogP contribution in [0.15, 0.2) is 53.0 Å². The van der Waals surface area contributed by atoms with Crippen molar-refractivity contribution >= 4 is 39.9 Å². The third kappa shape index (κ3) is 5.96. The molecule has 0 bridgehead atoms. The highest BCUT2D eigenvalue weighted by atomic mass is 79.9. The third-order valence-corrected chi connectivity index (χ3v) is 3.47. The van der Waals surface area contributed by atoms with Crippen LogP contribution in [0, 0.1) is 0 Å². The minimum Gasteiger partial charge on any atom is -0.312 e. The minimum atomic E-state index is 0. The van der Waals surface area contributed by atoms with Gasteiger partial charge in [0.2, 0.25) is 0 Å². The van der Waals surface area contributed by atoms with Crippen molar-refractivity contribution in [1.29, 1.82) is 0 Å². The molecule has 1 nitrogen and oxygen atoms in total. The van der Waals surface area contributed by atoms with Gasteiger partial charge >= 0.3 is 0 Å². The van der Waals surface area contributed by atoms with Crippen LogP contribution >= 0.6 is 39.9 Å². The van der Waals surface area contributed by atoms with Crippen molar-refractivity contribution in [2.24, 2.45) is 0 Å². The van der Waals surface area contributed by atoms with E-state index in [2.05, 4.69) is 51.6 Å². The van der Waals surface area contributed by atoms with E-state index in [-0.39, 0.29) is 12.4 Å². The Bertz CT molecular complexity index is 500. The van der Waals surface area contributed by atoms with Crippen LogP contribution < -0.4 is 5.32 Å². The fourth-order valence-electron chi connectivity index (χ4n) is 1.76. The van der Waals surface area contributed by atoms with E-state index in [0.29, 0.717) is 0 Å². The number of halogens is 3. The zero-order valence-corrected chi connectivity index (χ0v) is 13.6. The number of rotatable bonds is 5. The molecule has 102 valence electrons. The summed E-state index contributed by atoms with van der Waals surface area (Å²) in [5.41, 5.74) is 2.60. The molecule has 0 fully saturated rings. The maximum Gasteiger partial charge on any atom is 0.0406 e. The van der Waals surface area contributed by atoms with E-state index in [1.54, 1.807) is 0 Å². The van der Waals surface area contributed by atoms with Gasteiger partial charge in [-0.15, -0.1) is 12.4 Å². The lowest BCUT2D eigenvalue weighted by atomic mass is 10.1. The Morgan fingerprint density at radius 2 is 1.74 bits per heavy atom. The molecule has 0 radical (unpaired) electrons. The monoisotopic (exact) mass is 359 g/mol. The largest absolute Gasteiger partial charge is 0.312 e. The van der Waals surface area contributed by atoms with Crippen molar-refractivity contribution < 1.29 is 0 Å². The molecule has 19 heavy (non-hydrogen) atoms. The summed E-state index contributed by atoms with van der Waals surface area (Å²) in [6, 6.07) is 16.4. The average Bonchev–Trinajstić information content (AvgIpc) is 2.37. The van der Waals surface area contributed by atoms with Crippen LogP contribution in [0.2, 0.25) is 5.02 Å². The zero-order chi connectivity index (χ0) is 12.8. The Hall–Kier alpha value is -0.540. The normalized spacial score (nSPS) is 10.0. The molecule has 0 aliphatic carbocycles. The Balaban J connectivity index is 0.00000180. The first-order valence-corrected chi connectivity index (χ1v) is 7.11. The molecule has 0 saturated carbocycles. The summed E-state index contributed by atoms with van der Waals surface area (Å²) < 4.78 is 1.12. The predicted molar refractivity (Wildman–Crippen MR) is 88.3 cm³/mol. The molecule has 0 spiro atoms. The lowest BCUT2D eigenvalue weighted by Crippen LogP contribution is -2.16. The van der Waals surface area contributed by atoms with E-state index in [0.717, 1.165) is 29.0 Å². The van der Waals surface area contributed by atoms with Crippen molar-refractivity contribution in [2.75, 3.05) is 6.54 Å². The van der Waals surface area contributed by atoms with Gasteiger partial charge in [-0.1, -0.05) is 51.8 Å². The van der Waals surface area contributed by atoms with Gasteiger partial charge in [-0.3, -0.25) is 0 Å². The maximum atomic E-state index is 5.85. The molecule has 1 N–H and O–H groups in total. The van der Waals surface area contributed by atoms with Crippen LogP contribution in [-0.2, 0) is 13.0 Å². The van der Waals surface area contributed by atoms with Crippen LogP contribution in [0.5, 0.6) is 0 Å². The van der Waals surface area contributed by atoms with Crippen molar-refractivity contribution in [1.82, 2.24) is 5.32 Å². The maximum absolute atomic E-state index is 5.85. The van der Waals surface area contributed by atoms with Crippen molar-refractivity contribution in [2.45, 2.75) is 13.0 Å². The molecule has 2 aromatic rings. The Morgan fingerprint density at radius 3 is 2.42 bits per heavy atom. The van der Waals surface area contributed by atoms with Gasteiger partial charge in [0.25, 0.3) is 0 Å². The van der Waals surface area contributed by atoms with Gasteiger partial charge in [0.1, 0.15) is 0 Å². The lowest BCUT2D eigenvalue weighted by molar-refractivity contribution is 0.687. The Labute approximate surface area is 133 Å². The first-order valence-electron chi connectivity index (χ1n) is 5.93. The number of hydrogen-bond donors (Lipinski definition) is 1. The van der Waals surface area contributed by atoms with E-state index in [1.165, 1.54) is 11.1 Å². The molecule has 0 unspecified atom stereocenters. The molecule has 2 rings (SSSR count). The van der Waals surface area contributed by atoms with Gasteiger partial charge in [-0.05, 0) is 48.4 Å². The molecule has 0 aliphatic heterocycles. The van der Waals surface area contributed by atoms with Crippen molar-refractivity contribution in [3.05, 3.63) is 69.2 Å².